The van der Waals surface area contributed by atoms with E-state index in [1.165, 1.54) is 0 Å². The Morgan fingerprint density at radius 1 is 1.52 bits per heavy atom. The van der Waals surface area contributed by atoms with E-state index in [0.29, 0.717) is 31.2 Å². The number of hydrogen-bond donors (Lipinski definition) is 0. The number of aryl methyl sites for hydroxylation is 1. The number of nitrogens with zero attached hydrogens (tertiary/aromatic N) is 3. The topological polar surface area (TPSA) is 56.6 Å². The Morgan fingerprint density at radius 3 is 3.09 bits per heavy atom. The molecule has 1 aliphatic rings. The second-order valence-electron chi connectivity index (χ2n) is 5.76. The molecule has 0 bridgehead atoms. The van der Waals surface area contributed by atoms with Gasteiger partial charge in [0, 0.05) is 50.2 Å². The summed E-state index contributed by atoms with van der Waals surface area (Å²) in [5.74, 6) is 0.416. The van der Waals surface area contributed by atoms with Crippen molar-refractivity contribution in [1.29, 1.82) is 0 Å². The van der Waals surface area contributed by atoms with Gasteiger partial charge in [0.2, 0.25) is 5.88 Å². The van der Waals surface area contributed by atoms with Gasteiger partial charge in [-0.3, -0.25) is 4.79 Å². The van der Waals surface area contributed by atoms with Crippen LogP contribution >= 0.6 is 0 Å². The first-order chi connectivity index (χ1) is 11.1. The molecule has 1 saturated heterocycles. The number of carbonyl (C=O) groups excluding carboxylic acids is 1. The highest BCUT2D eigenvalue weighted by Gasteiger charge is 2.19. The molecule has 0 aliphatic carbocycles. The molecule has 6 nitrogen and oxygen atoms in total. The molecule has 3 heterocycles. The van der Waals surface area contributed by atoms with E-state index < -0.39 is 0 Å². The van der Waals surface area contributed by atoms with E-state index in [1.54, 1.807) is 30.3 Å². The van der Waals surface area contributed by atoms with Crippen LogP contribution in [-0.2, 0) is 18.3 Å². The average Bonchev–Trinajstić information content (AvgIpc) is 3.19. The van der Waals surface area contributed by atoms with Crippen LogP contribution in [-0.4, -0.2) is 46.7 Å². The lowest BCUT2D eigenvalue weighted by molar-refractivity contribution is 0.0781. The van der Waals surface area contributed by atoms with Crippen molar-refractivity contribution in [3.05, 3.63) is 47.9 Å². The average molecular weight is 315 g/mol. The zero-order valence-electron chi connectivity index (χ0n) is 13.4. The van der Waals surface area contributed by atoms with Crippen molar-refractivity contribution in [3.8, 4) is 5.88 Å². The summed E-state index contributed by atoms with van der Waals surface area (Å²) in [7, 11) is 3.76. The van der Waals surface area contributed by atoms with Crippen molar-refractivity contribution in [1.82, 2.24) is 14.5 Å². The van der Waals surface area contributed by atoms with Gasteiger partial charge in [-0.15, -0.1) is 0 Å². The maximum absolute atomic E-state index is 12.6. The van der Waals surface area contributed by atoms with Crippen LogP contribution in [0.25, 0.3) is 0 Å². The molecule has 23 heavy (non-hydrogen) atoms. The Balaban J connectivity index is 1.67. The SMILES string of the molecule is CN(Cc1cccn1C)C(=O)c1ccnc(OC2CCOC2)c1. The number of ether oxygens (including phenoxy) is 2. The first-order valence-corrected chi connectivity index (χ1v) is 7.69. The van der Waals surface area contributed by atoms with Gasteiger partial charge in [-0.25, -0.2) is 4.98 Å². The van der Waals surface area contributed by atoms with Crippen LogP contribution in [0.2, 0.25) is 0 Å². The first kappa shape index (κ1) is 15.6. The summed E-state index contributed by atoms with van der Waals surface area (Å²) < 4.78 is 13.0. The van der Waals surface area contributed by atoms with E-state index in [2.05, 4.69) is 4.98 Å². The molecule has 3 rings (SSSR count). The predicted molar refractivity (Wildman–Crippen MR) is 85.3 cm³/mol. The fourth-order valence-electron chi connectivity index (χ4n) is 2.58. The highest BCUT2D eigenvalue weighted by atomic mass is 16.5. The van der Waals surface area contributed by atoms with Crippen LogP contribution in [0.15, 0.2) is 36.7 Å². The lowest BCUT2D eigenvalue weighted by Gasteiger charge is -2.18. The van der Waals surface area contributed by atoms with Gasteiger partial charge >= 0.3 is 0 Å². The lowest BCUT2D eigenvalue weighted by Crippen LogP contribution is -2.27. The second-order valence-corrected chi connectivity index (χ2v) is 5.76. The van der Waals surface area contributed by atoms with E-state index in [9.17, 15) is 4.79 Å². The molecule has 1 fully saturated rings. The third-order valence-corrected chi connectivity index (χ3v) is 3.95. The molecule has 0 radical (unpaired) electrons. The fraction of sp³-hybridized carbons (Fsp3) is 0.412. The quantitative estimate of drug-likeness (QED) is 0.845. The normalized spacial score (nSPS) is 17.2. The summed E-state index contributed by atoms with van der Waals surface area (Å²) >= 11 is 0. The van der Waals surface area contributed by atoms with Crippen molar-refractivity contribution in [2.45, 2.75) is 19.1 Å². The van der Waals surface area contributed by atoms with Crippen molar-refractivity contribution in [2.75, 3.05) is 20.3 Å². The molecular weight excluding hydrogens is 294 g/mol. The zero-order chi connectivity index (χ0) is 16.2. The molecule has 0 N–H and O–H groups in total. The smallest absolute Gasteiger partial charge is 0.254 e. The Labute approximate surface area is 135 Å². The highest BCUT2D eigenvalue weighted by molar-refractivity contribution is 5.94. The van der Waals surface area contributed by atoms with E-state index in [0.717, 1.165) is 12.1 Å². The third-order valence-electron chi connectivity index (χ3n) is 3.95. The molecule has 6 heteroatoms. The Morgan fingerprint density at radius 2 is 2.39 bits per heavy atom. The minimum absolute atomic E-state index is 0.0222. The monoisotopic (exact) mass is 315 g/mol. The number of rotatable bonds is 5. The molecule has 1 amide bonds. The summed E-state index contributed by atoms with van der Waals surface area (Å²) in [5, 5.41) is 0. The maximum Gasteiger partial charge on any atom is 0.254 e. The molecule has 0 spiro atoms. The molecule has 0 aromatic carbocycles. The number of carbonyl (C=O) groups is 1. The zero-order valence-corrected chi connectivity index (χ0v) is 13.4. The van der Waals surface area contributed by atoms with Crippen LogP contribution in [0.3, 0.4) is 0 Å². The molecule has 1 atom stereocenters. The van der Waals surface area contributed by atoms with Gasteiger partial charge in [0.1, 0.15) is 6.10 Å². The van der Waals surface area contributed by atoms with Crippen molar-refractivity contribution in [3.63, 3.8) is 0 Å². The molecule has 1 aliphatic heterocycles. The minimum atomic E-state index is -0.0545. The van der Waals surface area contributed by atoms with E-state index in [-0.39, 0.29) is 12.0 Å². The lowest BCUT2D eigenvalue weighted by atomic mass is 10.2. The second kappa shape index (κ2) is 6.83. The van der Waals surface area contributed by atoms with Crippen LogP contribution < -0.4 is 4.74 Å². The molecule has 2 aromatic rings. The van der Waals surface area contributed by atoms with Crippen LogP contribution in [0.4, 0.5) is 0 Å². The van der Waals surface area contributed by atoms with Crippen LogP contribution in [0.5, 0.6) is 5.88 Å². The predicted octanol–water partition coefficient (Wildman–Crippen LogP) is 1.86. The van der Waals surface area contributed by atoms with Crippen molar-refractivity contribution >= 4 is 5.91 Å². The largest absolute Gasteiger partial charge is 0.472 e. The number of amides is 1. The van der Waals surface area contributed by atoms with Gasteiger partial charge < -0.3 is 18.9 Å². The molecule has 122 valence electrons. The molecule has 1 unspecified atom stereocenters. The van der Waals surface area contributed by atoms with Gasteiger partial charge in [-0.2, -0.15) is 0 Å². The van der Waals surface area contributed by atoms with Gasteiger partial charge in [0.25, 0.3) is 5.91 Å². The van der Waals surface area contributed by atoms with Crippen molar-refractivity contribution < 1.29 is 14.3 Å². The van der Waals surface area contributed by atoms with E-state index >= 15 is 0 Å². The Bertz CT molecular complexity index is 677. The standard InChI is InChI=1S/C17H21N3O3/c1-19-8-3-4-14(19)11-20(2)17(21)13-5-7-18-16(10-13)23-15-6-9-22-12-15/h3-5,7-8,10,15H,6,9,11-12H2,1-2H3. The molecule has 0 saturated carbocycles. The van der Waals surface area contributed by atoms with E-state index in [4.69, 9.17) is 9.47 Å². The van der Waals surface area contributed by atoms with Gasteiger partial charge in [0.15, 0.2) is 0 Å². The van der Waals surface area contributed by atoms with Gasteiger partial charge in [0.05, 0.1) is 19.8 Å². The van der Waals surface area contributed by atoms with Crippen LogP contribution in [0.1, 0.15) is 22.5 Å². The fourth-order valence-corrected chi connectivity index (χ4v) is 2.58. The van der Waals surface area contributed by atoms with Gasteiger partial charge in [-0.05, 0) is 18.2 Å². The number of aromatic nitrogens is 2. The molecular formula is C17H21N3O3. The summed E-state index contributed by atoms with van der Waals surface area (Å²) in [4.78, 5) is 18.4. The van der Waals surface area contributed by atoms with Crippen molar-refractivity contribution in [2.24, 2.45) is 7.05 Å². The Hall–Kier alpha value is -2.34. The summed E-state index contributed by atoms with van der Waals surface area (Å²) in [6.45, 7) is 1.84. The summed E-state index contributed by atoms with van der Waals surface area (Å²) in [6.07, 6.45) is 4.45. The number of hydrogen-bond acceptors (Lipinski definition) is 4. The first-order valence-electron chi connectivity index (χ1n) is 7.69. The maximum atomic E-state index is 12.6. The van der Waals surface area contributed by atoms with Gasteiger partial charge in [-0.1, -0.05) is 0 Å². The number of pyridine rings is 1. The molecule has 2 aromatic heterocycles. The van der Waals surface area contributed by atoms with Crippen LogP contribution in [0, 0.1) is 0 Å². The third kappa shape index (κ3) is 3.71. The van der Waals surface area contributed by atoms with E-state index in [1.807, 2.05) is 29.9 Å². The Kier molecular flexibility index (Phi) is 4.62. The summed E-state index contributed by atoms with van der Waals surface area (Å²) in [6, 6.07) is 7.38. The summed E-state index contributed by atoms with van der Waals surface area (Å²) in [5.41, 5.74) is 1.65. The highest BCUT2D eigenvalue weighted by Crippen LogP contribution is 2.17. The minimum Gasteiger partial charge on any atom is -0.472 e.